The Morgan fingerprint density at radius 3 is 2.12 bits per heavy atom. The van der Waals surface area contributed by atoms with Gasteiger partial charge in [-0.3, -0.25) is 20.2 Å². The predicted molar refractivity (Wildman–Crippen MR) is 82.5 cm³/mol. The number of non-ortho nitro benzene ring substituents is 1. The molecular formula is C15H10N2O8. The first-order valence-corrected chi connectivity index (χ1v) is 6.67. The number of nitro benzene ring substituents is 2. The molecule has 0 bridgehead atoms. The van der Waals surface area contributed by atoms with E-state index in [4.69, 9.17) is 4.74 Å². The number of carbonyl (C=O) groups is 2. The van der Waals surface area contributed by atoms with Gasteiger partial charge in [0.1, 0.15) is 0 Å². The van der Waals surface area contributed by atoms with Gasteiger partial charge >= 0.3 is 17.6 Å². The Hall–Kier alpha value is -3.82. The summed E-state index contributed by atoms with van der Waals surface area (Å²) in [5.74, 6) is -2.09. The van der Waals surface area contributed by atoms with E-state index in [1.807, 2.05) is 0 Å². The second kappa shape index (κ2) is 7.17. The second-order valence-electron chi connectivity index (χ2n) is 4.63. The third-order valence-corrected chi connectivity index (χ3v) is 3.07. The topological polar surface area (TPSA) is 139 Å². The number of hydrogen-bond donors (Lipinski definition) is 0. The summed E-state index contributed by atoms with van der Waals surface area (Å²) in [6.45, 7) is 0. The van der Waals surface area contributed by atoms with Crippen LogP contribution in [0, 0.1) is 20.2 Å². The van der Waals surface area contributed by atoms with Crippen LogP contribution in [-0.2, 0) is 4.74 Å². The maximum Gasteiger partial charge on any atom is 0.343 e. The summed E-state index contributed by atoms with van der Waals surface area (Å²) in [6.07, 6.45) is 0. The molecule has 0 radical (unpaired) electrons. The van der Waals surface area contributed by atoms with Crippen molar-refractivity contribution in [1.82, 2.24) is 0 Å². The van der Waals surface area contributed by atoms with Crippen molar-refractivity contribution in [2.45, 2.75) is 0 Å². The Kier molecular flexibility index (Phi) is 5.03. The maximum absolute atomic E-state index is 12.1. The van der Waals surface area contributed by atoms with Gasteiger partial charge in [0.25, 0.3) is 5.69 Å². The zero-order chi connectivity index (χ0) is 18.6. The smallest absolute Gasteiger partial charge is 0.343 e. The van der Waals surface area contributed by atoms with Gasteiger partial charge in [-0.2, -0.15) is 0 Å². The number of rotatable bonds is 5. The third-order valence-electron chi connectivity index (χ3n) is 3.07. The number of benzene rings is 2. The lowest BCUT2D eigenvalue weighted by Crippen LogP contribution is -2.11. The molecule has 0 amide bonds. The van der Waals surface area contributed by atoms with Crippen LogP contribution in [0.3, 0.4) is 0 Å². The van der Waals surface area contributed by atoms with Crippen molar-refractivity contribution in [2.75, 3.05) is 7.11 Å². The molecule has 0 heterocycles. The van der Waals surface area contributed by atoms with Gasteiger partial charge in [0.05, 0.1) is 34.1 Å². The molecule has 0 fully saturated rings. The van der Waals surface area contributed by atoms with Crippen molar-refractivity contribution in [3.05, 3.63) is 73.8 Å². The predicted octanol–water partition coefficient (Wildman–Crippen LogP) is 2.51. The highest BCUT2D eigenvalue weighted by Crippen LogP contribution is 2.31. The Balaban J connectivity index is 2.33. The van der Waals surface area contributed by atoms with Crippen LogP contribution in [0.4, 0.5) is 11.4 Å². The fourth-order valence-electron chi connectivity index (χ4n) is 1.90. The second-order valence-corrected chi connectivity index (χ2v) is 4.63. The van der Waals surface area contributed by atoms with E-state index >= 15 is 0 Å². The number of ether oxygens (including phenoxy) is 2. The molecule has 10 heteroatoms. The summed E-state index contributed by atoms with van der Waals surface area (Å²) >= 11 is 0. The van der Waals surface area contributed by atoms with Crippen molar-refractivity contribution < 1.29 is 28.9 Å². The summed E-state index contributed by atoms with van der Waals surface area (Å²) in [5.41, 5.74) is -1.20. The molecular weight excluding hydrogens is 336 g/mol. The Labute approximate surface area is 139 Å². The minimum absolute atomic E-state index is 0.0458. The summed E-state index contributed by atoms with van der Waals surface area (Å²) in [5, 5.41) is 21.7. The monoisotopic (exact) mass is 346 g/mol. The Bertz CT molecular complexity index is 878. The van der Waals surface area contributed by atoms with Crippen LogP contribution < -0.4 is 4.74 Å². The first-order valence-electron chi connectivity index (χ1n) is 6.67. The van der Waals surface area contributed by atoms with Crippen molar-refractivity contribution in [3.8, 4) is 5.75 Å². The number of nitrogens with zero attached hydrogens (tertiary/aromatic N) is 2. The molecule has 0 saturated carbocycles. The first-order chi connectivity index (χ1) is 11.8. The van der Waals surface area contributed by atoms with Crippen LogP contribution >= 0.6 is 0 Å². The average Bonchev–Trinajstić information content (AvgIpc) is 2.60. The van der Waals surface area contributed by atoms with Gasteiger partial charge in [0, 0.05) is 6.07 Å². The lowest BCUT2D eigenvalue weighted by molar-refractivity contribution is -0.394. The minimum atomic E-state index is -0.970. The molecule has 10 nitrogen and oxygen atoms in total. The van der Waals surface area contributed by atoms with Crippen molar-refractivity contribution >= 4 is 23.3 Å². The van der Waals surface area contributed by atoms with E-state index in [-0.39, 0.29) is 11.1 Å². The molecule has 0 spiro atoms. The van der Waals surface area contributed by atoms with E-state index in [1.54, 1.807) is 0 Å². The lowest BCUT2D eigenvalue weighted by Gasteiger charge is -2.06. The van der Waals surface area contributed by atoms with Gasteiger partial charge in [-0.1, -0.05) is 6.07 Å². The molecule has 0 aliphatic heterocycles. The highest BCUT2D eigenvalue weighted by molar-refractivity contribution is 5.96. The Morgan fingerprint density at radius 2 is 1.56 bits per heavy atom. The highest BCUT2D eigenvalue weighted by atomic mass is 16.6. The van der Waals surface area contributed by atoms with Crippen LogP contribution in [-0.4, -0.2) is 28.9 Å². The van der Waals surface area contributed by atoms with Crippen LogP contribution in [0.1, 0.15) is 20.7 Å². The van der Waals surface area contributed by atoms with E-state index in [9.17, 15) is 29.8 Å². The maximum atomic E-state index is 12.1. The van der Waals surface area contributed by atoms with E-state index in [0.717, 1.165) is 12.1 Å². The molecule has 128 valence electrons. The summed E-state index contributed by atoms with van der Waals surface area (Å²) < 4.78 is 9.47. The average molecular weight is 346 g/mol. The number of methoxy groups -OCH3 is 1. The molecule has 2 rings (SSSR count). The molecule has 0 aliphatic rings. The van der Waals surface area contributed by atoms with Gasteiger partial charge in [-0.05, 0) is 24.3 Å². The van der Waals surface area contributed by atoms with Crippen molar-refractivity contribution in [3.63, 3.8) is 0 Å². The molecule has 0 aliphatic carbocycles. The standard InChI is InChI=1S/C15H10N2O8/c1-24-14(18)9-3-2-4-10(7-9)15(19)25-13-6-5-11(16(20)21)8-12(13)17(22)23/h2-8H,1H3. The van der Waals surface area contributed by atoms with Gasteiger partial charge in [0.2, 0.25) is 5.75 Å². The lowest BCUT2D eigenvalue weighted by atomic mass is 10.1. The fourth-order valence-corrected chi connectivity index (χ4v) is 1.90. The van der Waals surface area contributed by atoms with Crippen LogP contribution in [0.15, 0.2) is 42.5 Å². The molecule has 2 aromatic carbocycles. The zero-order valence-electron chi connectivity index (χ0n) is 12.7. The number of hydrogen-bond acceptors (Lipinski definition) is 8. The van der Waals surface area contributed by atoms with Crippen LogP contribution in [0.2, 0.25) is 0 Å². The third kappa shape index (κ3) is 3.93. The number of esters is 2. The summed E-state index contributed by atoms with van der Waals surface area (Å²) in [7, 11) is 1.17. The zero-order valence-corrected chi connectivity index (χ0v) is 12.7. The first kappa shape index (κ1) is 17.5. The molecule has 0 aromatic heterocycles. The van der Waals surface area contributed by atoms with Gasteiger partial charge in [-0.15, -0.1) is 0 Å². The summed E-state index contributed by atoms with van der Waals surface area (Å²) in [4.78, 5) is 43.6. The quantitative estimate of drug-likeness (QED) is 0.348. The normalized spacial score (nSPS) is 9.96. The molecule has 0 atom stereocenters. The van der Waals surface area contributed by atoms with Crippen molar-refractivity contribution in [1.29, 1.82) is 0 Å². The number of carbonyl (C=O) groups excluding carboxylic acids is 2. The van der Waals surface area contributed by atoms with E-state index in [1.165, 1.54) is 31.4 Å². The van der Waals surface area contributed by atoms with Gasteiger partial charge < -0.3 is 9.47 Å². The SMILES string of the molecule is COC(=O)c1cccc(C(=O)Oc2ccc([N+](=O)[O-])cc2[N+](=O)[O-])c1. The molecule has 0 unspecified atom stereocenters. The molecule has 0 saturated heterocycles. The Morgan fingerprint density at radius 1 is 0.920 bits per heavy atom. The van der Waals surface area contributed by atoms with Gasteiger partial charge in [0.15, 0.2) is 0 Å². The summed E-state index contributed by atoms with van der Waals surface area (Å²) in [6, 6.07) is 7.98. The van der Waals surface area contributed by atoms with E-state index in [0.29, 0.717) is 6.07 Å². The molecule has 2 aromatic rings. The van der Waals surface area contributed by atoms with Gasteiger partial charge in [-0.25, -0.2) is 9.59 Å². The highest BCUT2D eigenvalue weighted by Gasteiger charge is 2.23. The van der Waals surface area contributed by atoms with E-state index < -0.39 is 38.9 Å². The largest absolute Gasteiger partial charge is 0.465 e. The van der Waals surface area contributed by atoms with Crippen LogP contribution in [0.5, 0.6) is 5.75 Å². The van der Waals surface area contributed by atoms with E-state index in [2.05, 4.69) is 4.74 Å². The van der Waals surface area contributed by atoms with Crippen molar-refractivity contribution in [2.24, 2.45) is 0 Å². The molecule has 25 heavy (non-hydrogen) atoms. The number of nitro groups is 2. The van der Waals surface area contributed by atoms with Crippen LogP contribution in [0.25, 0.3) is 0 Å². The fraction of sp³-hybridized carbons (Fsp3) is 0.0667. The molecule has 0 N–H and O–H groups in total. The minimum Gasteiger partial charge on any atom is -0.465 e.